The summed E-state index contributed by atoms with van der Waals surface area (Å²) in [4.78, 5) is 11.5. The quantitative estimate of drug-likeness (QED) is 0.769. The fourth-order valence-corrected chi connectivity index (χ4v) is 2.42. The lowest BCUT2D eigenvalue weighted by Crippen LogP contribution is -2.29. The lowest BCUT2D eigenvalue weighted by Gasteiger charge is -2.27. The third kappa shape index (κ3) is 4.55. The van der Waals surface area contributed by atoms with Gasteiger partial charge in [-0.05, 0) is 12.8 Å². The summed E-state index contributed by atoms with van der Waals surface area (Å²) in [7, 11) is -3.15. The average molecular weight is 254 g/mol. The molecule has 0 spiro atoms. The molecule has 0 atom stereocenters. The Labute approximate surface area is 94.1 Å². The van der Waals surface area contributed by atoms with Crippen LogP contribution in [0, 0.1) is 5.92 Å². The van der Waals surface area contributed by atoms with Crippen LogP contribution < -0.4 is 0 Å². The highest BCUT2D eigenvalue weighted by molar-refractivity contribution is 7.90. The molecule has 1 rings (SSSR count). The van der Waals surface area contributed by atoms with Crippen LogP contribution in [0.3, 0.4) is 0 Å². The summed E-state index contributed by atoms with van der Waals surface area (Å²) in [5.41, 5.74) is 0. The maximum absolute atomic E-state index is 12.8. The smallest absolute Gasteiger partial charge is 0.248 e. The first kappa shape index (κ1) is 13.5. The molecule has 0 N–H and O–H groups in total. The summed E-state index contributed by atoms with van der Waals surface area (Å²) in [5, 5.41) is 0. The fraction of sp³-hybridized carbons (Fsp3) is 0.900. The van der Waals surface area contributed by atoms with Gasteiger partial charge < -0.3 is 0 Å². The monoisotopic (exact) mass is 254 g/mol. The van der Waals surface area contributed by atoms with Crippen LogP contribution in [-0.4, -0.2) is 32.1 Å². The van der Waals surface area contributed by atoms with Crippen LogP contribution >= 0.6 is 0 Å². The Kier molecular flexibility index (Phi) is 4.04. The zero-order valence-corrected chi connectivity index (χ0v) is 10.0. The Morgan fingerprint density at radius 1 is 1.31 bits per heavy atom. The van der Waals surface area contributed by atoms with Crippen molar-refractivity contribution in [3.63, 3.8) is 0 Å². The minimum Gasteiger partial charge on any atom is -0.299 e. The van der Waals surface area contributed by atoms with Gasteiger partial charge in [0.05, 0.1) is 5.75 Å². The van der Waals surface area contributed by atoms with E-state index in [1.54, 1.807) is 0 Å². The summed E-state index contributed by atoms with van der Waals surface area (Å²) >= 11 is 0. The van der Waals surface area contributed by atoms with E-state index in [1.165, 1.54) is 0 Å². The molecule has 3 nitrogen and oxygen atoms in total. The van der Waals surface area contributed by atoms with Gasteiger partial charge in [-0.25, -0.2) is 17.2 Å². The van der Waals surface area contributed by atoms with Crippen molar-refractivity contribution in [3.05, 3.63) is 0 Å². The average Bonchev–Trinajstić information content (AvgIpc) is 2.13. The zero-order chi connectivity index (χ0) is 12.4. The fourth-order valence-electron chi connectivity index (χ4n) is 1.85. The number of carbonyl (C=O) groups is 1. The molecular weight excluding hydrogens is 238 g/mol. The lowest BCUT2D eigenvalue weighted by molar-refractivity contribution is -0.126. The Morgan fingerprint density at radius 2 is 1.81 bits per heavy atom. The Morgan fingerprint density at radius 3 is 2.25 bits per heavy atom. The number of hydrogen-bond donors (Lipinski definition) is 0. The molecule has 0 heterocycles. The van der Waals surface area contributed by atoms with Gasteiger partial charge in [0.1, 0.15) is 15.6 Å². The Hall–Kier alpha value is -0.520. The molecule has 0 radical (unpaired) electrons. The van der Waals surface area contributed by atoms with Crippen molar-refractivity contribution in [3.8, 4) is 0 Å². The van der Waals surface area contributed by atoms with Crippen molar-refractivity contribution in [1.29, 1.82) is 0 Å². The zero-order valence-electron chi connectivity index (χ0n) is 9.21. The van der Waals surface area contributed by atoms with E-state index in [2.05, 4.69) is 0 Å². The Bertz CT molecular complexity index is 352. The molecule has 0 saturated heterocycles. The van der Waals surface area contributed by atoms with Gasteiger partial charge in [-0.1, -0.05) is 0 Å². The minimum atomic E-state index is -3.15. The predicted octanol–water partition coefficient (Wildman–Crippen LogP) is 1.82. The number of alkyl halides is 2. The van der Waals surface area contributed by atoms with Gasteiger partial charge in [-0.15, -0.1) is 0 Å². The van der Waals surface area contributed by atoms with Gasteiger partial charge in [0, 0.05) is 31.4 Å². The first-order valence-corrected chi connectivity index (χ1v) is 7.34. The molecule has 1 saturated carbocycles. The molecule has 0 aromatic heterocycles. The summed E-state index contributed by atoms with van der Waals surface area (Å²) in [5.74, 6) is -3.39. The van der Waals surface area contributed by atoms with E-state index in [9.17, 15) is 22.0 Å². The summed E-state index contributed by atoms with van der Waals surface area (Å²) < 4.78 is 47.3. The van der Waals surface area contributed by atoms with E-state index in [4.69, 9.17) is 0 Å². The highest BCUT2D eigenvalue weighted by Crippen LogP contribution is 2.36. The maximum atomic E-state index is 12.8. The second kappa shape index (κ2) is 4.77. The summed E-state index contributed by atoms with van der Waals surface area (Å²) in [6, 6.07) is 0. The SMILES string of the molecule is CS(=O)(=O)CCC(=O)C1CCC(F)(F)CC1. The minimum absolute atomic E-state index is 0.0466. The predicted molar refractivity (Wildman–Crippen MR) is 56.2 cm³/mol. The molecule has 0 aliphatic heterocycles. The molecule has 0 bridgehead atoms. The Balaban J connectivity index is 2.40. The van der Waals surface area contributed by atoms with Crippen LogP contribution in [0.15, 0.2) is 0 Å². The first-order chi connectivity index (χ1) is 7.20. The van der Waals surface area contributed by atoms with Gasteiger partial charge in [-0.3, -0.25) is 4.79 Å². The largest absolute Gasteiger partial charge is 0.299 e. The van der Waals surface area contributed by atoms with Crippen LogP contribution in [0.5, 0.6) is 0 Å². The van der Waals surface area contributed by atoms with Gasteiger partial charge in [-0.2, -0.15) is 0 Å². The molecule has 16 heavy (non-hydrogen) atoms. The second-order valence-electron chi connectivity index (χ2n) is 4.48. The number of hydrogen-bond acceptors (Lipinski definition) is 3. The third-order valence-corrected chi connectivity index (χ3v) is 3.84. The van der Waals surface area contributed by atoms with Crippen LogP contribution in [-0.2, 0) is 14.6 Å². The number of carbonyl (C=O) groups excluding carboxylic acids is 1. The van der Waals surface area contributed by atoms with E-state index < -0.39 is 15.8 Å². The van der Waals surface area contributed by atoms with E-state index in [1.807, 2.05) is 0 Å². The topological polar surface area (TPSA) is 51.2 Å². The van der Waals surface area contributed by atoms with E-state index in [0.29, 0.717) is 0 Å². The van der Waals surface area contributed by atoms with E-state index in [0.717, 1.165) is 6.26 Å². The van der Waals surface area contributed by atoms with Crippen molar-refractivity contribution in [1.82, 2.24) is 0 Å². The molecule has 1 aliphatic rings. The molecule has 0 aromatic carbocycles. The van der Waals surface area contributed by atoms with Crippen molar-refractivity contribution in [2.45, 2.75) is 38.0 Å². The maximum Gasteiger partial charge on any atom is 0.248 e. The molecule has 6 heteroatoms. The van der Waals surface area contributed by atoms with Crippen LogP contribution in [0.4, 0.5) is 8.78 Å². The van der Waals surface area contributed by atoms with Crippen LogP contribution in [0.25, 0.3) is 0 Å². The molecule has 94 valence electrons. The number of halogens is 2. The lowest BCUT2D eigenvalue weighted by atomic mass is 9.83. The molecular formula is C10H16F2O3S. The standard InChI is InChI=1S/C10H16F2O3S/c1-16(14,15)7-4-9(13)8-2-5-10(11,12)6-3-8/h8H,2-7H2,1H3. The number of rotatable bonds is 4. The second-order valence-corrected chi connectivity index (χ2v) is 6.74. The van der Waals surface area contributed by atoms with Crippen molar-refractivity contribution < 1.29 is 22.0 Å². The number of ketones is 1. The highest BCUT2D eigenvalue weighted by atomic mass is 32.2. The van der Waals surface area contributed by atoms with Crippen molar-refractivity contribution >= 4 is 15.6 Å². The molecule has 0 amide bonds. The molecule has 0 aromatic rings. The number of Topliss-reactive ketones (excluding diaryl/α,β-unsaturated/α-hetero) is 1. The molecule has 0 unspecified atom stereocenters. The normalized spacial score (nSPS) is 21.9. The third-order valence-electron chi connectivity index (χ3n) is 2.89. The van der Waals surface area contributed by atoms with E-state index in [-0.39, 0.29) is 49.6 Å². The highest BCUT2D eigenvalue weighted by Gasteiger charge is 2.37. The van der Waals surface area contributed by atoms with Crippen molar-refractivity contribution in [2.75, 3.05) is 12.0 Å². The van der Waals surface area contributed by atoms with Gasteiger partial charge in [0.25, 0.3) is 0 Å². The molecule has 1 fully saturated rings. The van der Waals surface area contributed by atoms with E-state index >= 15 is 0 Å². The van der Waals surface area contributed by atoms with Crippen LogP contribution in [0.1, 0.15) is 32.1 Å². The van der Waals surface area contributed by atoms with Gasteiger partial charge >= 0.3 is 0 Å². The molecule has 1 aliphatic carbocycles. The number of sulfone groups is 1. The van der Waals surface area contributed by atoms with Crippen molar-refractivity contribution in [2.24, 2.45) is 5.92 Å². The summed E-state index contributed by atoms with van der Waals surface area (Å²) in [6.45, 7) is 0. The van der Waals surface area contributed by atoms with Crippen LogP contribution in [0.2, 0.25) is 0 Å². The first-order valence-electron chi connectivity index (χ1n) is 5.28. The summed E-state index contributed by atoms with van der Waals surface area (Å²) in [6.07, 6.45) is 0.847. The van der Waals surface area contributed by atoms with Gasteiger partial charge in [0.2, 0.25) is 5.92 Å². The van der Waals surface area contributed by atoms with Gasteiger partial charge in [0.15, 0.2) is 0 Å².